The van der Waals surface area contributed by atoms with E-state index in [1.807, 2.05) is 13.0 Å². The van der Waals surface area contributed by atoms with Crippen LogP contribution in [-0.4, -0.2) is 28.0 Å². The van der Waals surface area contributed by atoms with Crippen LogP contribution in [0.4, 0.5) is 10.9 Å². The number of anilines is 2. The number of piperidine rings is 1. The number of aryl methyl sites for hydroxylation is 1. The van der Waals surface area contributed by atoms with Crippen molar-refractivity contribution in [2.75, 3.05) is 23.7 Å². The number of rotatable bonds is 2. The van der Waals surface area contributed by atoms with Gasteiger partial charge in [-0.2, -0.15) is 0 Å². The maximum absolute atomic E-state index is 5.70. The van der Waals surface area contributed by atoms with Gasteiger partial charge in [-0.05, 0) is 19.8 Å². The van der Waals surface area contributed by atoms with Crippen LogP contribution in [0.1, 0.15) is 30.1 Å². The summed E-state index contributed by atoms with van der Waals surface area (Å²) in [5, 5.41) is 2.76. The molecule has 3 heterocycles. The smallest absolute Gasteiger partial charge is 0.180 e. The number of nitrogens with two attached hydrogens (primary N) is 1. The Morgan fingerprint density at radius 1 is 1.32 bits per heavy atom. The molecule has 0 aromatic carbocycles. The Labute approximate surface area is 116 Å². The monoisotopic (exact) mass is 275 g/mol. The third-order valence-corrected chi connectivity index (χ3v) is 4.26. The van der Waals surface area contributed by atoms with Crippen LogP contribution in [0.3, 0.4) is 0 Å². The number of nitrogens with zero attached hydrogens (tertiary/aromatic N) is 4. The lowest BCUT2D eigenvalue weighted by Crippen LogP contribution is -2.33. The lowest BCUT2D eigenvalue weighted by atomic mass is 9.94. The second-order valence-corrected chi connectivity index (χ2v) is 5.78. The lowest BCUT2D eigenvalue weighted by molar-refractivity contribution is 0.495. The van der Waals surface area contributed by atoms with Gasteiger partial charge in [0.25, 0.3) is 0 Å². The van der Waals surface area contributed by atoms with E-state index in [-0.39, 0.29) is 0 Å². The fraction of sp³-hybridized carbons (Fsp3) is 0.462. The fourth-order valence-electron chi connectivity index (χ4n) is 2.51. The van der Waals surface area contributed by atoms with Gasteiger partial charge >= 0.3 is 0 Å². The molecule has 0 bridgehead atoms. The molecule has 1 aliphatic rings. The second-order valence-electron chi connectivity index (χ2n) is 4.89. The Bertz CT molecular complexity index is 560. The molecule has 1 saturated heterocycles. The average molecular weight is 275 g/mol. The van der Waals surface area contributed by atoms with Gasteiger partial charge in [0.1, 0.15) is 12.1 Å². The lowest BCUT2D eigenvalue weighted by Gasteiger charge is -2.32. The zero-order chi connectivity index (χ0) is 13.2. The summed E-state index contributed by atoms with van der Waals surface area (Å²) < 4.78 is 0. The molecular formula is C13H17N5S. The van der Waals surface area contributed by atoms with E-state index in [1.54, 1.807) is 6.33 Å². The van der Waals surface area contributed by atoms with Gasteiger partial charge in [-0.15, -0.1) is 11.3 Å². The summed E-state index contributed by atoms with van der Waals surface area (Å²) in [5.41, 5.74) is 7.87. The van der Waals surface area contributed by atoms with Crippen molar-refractivity contribution in [3.05, 3.63) is 29.2 Å². The Balaban J connectivity index is 1.66. The predicted octanol–water partition coefficient (Wildman–Crippen LogP) is 2.21. The van der Waals surface area contributed by atoms with Gasteiger partial charge < -0.3 is 10.6 Å². The van der Waals surface area contributed by atoms with Crippen LogP contribution in [0.2, 0.25) is 0 Å². The number of hydrogen-bond acceptors (Lipinski definition) is 6. The van der Waals surface area contributed by atoms with E-state index >= 15 is 0 Å². The highest BCUT2D eigenvalue weighted by atomic mass is 32.1. The maximum Gasteiger partial charge on any atom is 0.180 e. The normalized spacial score (nSPS) is 16.8. The van der Waals surface area contributed by atoms with Crippen molar-refractivity contribution >= 4 is 22.3 Å². The van der Waals surface area contributed by atoms with E-state index in [0.717, 1.165) is 43.1 Å². The summed E-state index contributed by atoms with van der Waals surface area (Å²) in [6, 6.07) is 2.04. The Morgan fingerprint density at radius 2 is 2.11 bits per heavy atom. The van der Waals surface area contributed by atoms with Gasteiger partial charge in [0.2, 0.25) is 0 Å². The van der Waals surface area contributed by atoms with Crippen molar-refractivity contribution in [3.8, 4) is 0 Å². The SMILES string of the molecule is Cc1cc(N2CCC(c3csc(N)n3)CC2)ncn1. The van der Waals surface area contributed by atoms with Gasteiger partial charge in [-0.3, -0.25) is 0 Å². The van der Waals surface area contributed by atoms with Gasteiger partial charge in [-0.1, -0.05) is 0 Å². The highest BCUT2D eigenvalue weighted by Crippen LogP contribution is 2.30. The molecule has 3 rings (SSSR count). The van der Waals surface area contributed by atoms with Gasteiger partial charge in [0, 0.05) is 36.1 Å². The first-order valence-electron chi connectivity index (χ1n) is 6.47. The largest absolute Gasteiger partial charge is 0.375 e. The van der Waals surface area contributed by atoms with Crippen molar-refractivity contribution < 1.29 is 0 Å². The molecule has 0 radical (unpaired) electrons. The Kier molecular flexibility index (Phi) is 3.33. The molecule has 2 N–H and O–H groups in total. The van der Waals surface area contributed by atoms with E-state index in [0.29, 0.717) is 11.0 Å². The van der Waals surface area contributed by atoms with Crippen molar-refractivity contribution in [1.82, 2.24) is 15.0 Å². The molecule has 100 valence electrons. The van der Waals surface area contributed by atoms with E-state index in [4.69, 9.17) is 5.73 Å². The predicted molar refractivity (Wildman–Crippen MR) is 77.5 cm³/mol. The van der Waals surface area contributed by atoms with Crippen LogP contribution in [0, 0.1) is 6.92 Å². The van der Waals surface area contributed by atoms with Crippen LogP contribution < -0.4 is 10.6 Å². The molecule has 6 heteroatoms. The van der Waals surface area contributed by atoms with Gasteiger partial charge in [0.15, 0.2) is 5.13 Å². The standard InChI is InChI=1S/C13H17N5S/c1-9-6-12(16-8-15-9)18-4-2-10(3-5-18)11-7-19-13(14)17-11/h6-8,10H,2-5H2,1H3,(H2,14,17). The van der Waals surface area contributed by atoms with Crippen molar-refractivity contribution in [2.45, 2.75) is 25.7 Å². The number of hydrogen-bond donors (Lipinski definition) is 1. The summed E-state index contributed by atoms with van der Waals surface area (Å²) in [4.78, 5) is 15.2. The summed E-state index contributed by atoms with van der Waals surface area (Å²) in [6.45, 7) is 4.02. The van der Waals surface area contributed by atoms with E-state index in [9.17, 15) is 0 Å². The minimum Gasteiger partial charge on any atom is -0.375 e. The molecule has 0 saturated carbocycles. The van der Waals surface area contributed by atoms with Crippen molar-refractivity contribution in [1.29, 1.82) is 0 Å². The zero-order valence-corrected chi connectivity index (χ0v) is 11.7. The minimum absolute atomic E-state index is 0.535. The zero-order valence-electron chi connectivity index (χ0n) is 10.9. The first-order valence-corrected chi connectivity index (χ1v) is 7.35. The topological polar surface area (TPSA) is 67.9 Å². The molecule has 5 nitrogen and oxygen atoms in total. The van der Waals surface area contributed by atoms with Gasteiger partial charge in [-0.25, -0.2) is 15.0 Å². The fourth-order valence-corrected chi connectivity index (χ4v) is 3.15. The highest BCUT2D eigenvalue weighted by Gasteiger charge is 2.23. The quantitative estimate of drug-likeness (QED) is 0.910. The molecule has 0 spiro atoms. The van der Waals surface area contributed by atoms with Crippen molar-refractivity contribution in [2.24, 2.45) is 0 Å². The summed E-state index contributed by atoms with van der Waals surface area (Å²) in [7, 11) is 0. The summed E-state index contributed by atoms with van der Waals surface area (Å²) >= 11 is 1.53. The molecule has 0 amide bonds. The minimum atomic E-state index is 0.535. The summed E-state index contributed by atoms with van der Waals surface area (Å²) in [5.74, 6) is 1.57. The molecule has 19 heavy (non-hydrogen) atoms. The van der Waals surface area contributed by atoms with Crippen molar-refractivity contribution in [3.63, 3.8) is 0 Å². The van der Waals surface area contributed by atoms with Crippen LogP contribution >= 0.6 is 11.3 Å². The molecular weight excluding hydrogens is 258 g/mol. The van der Waals surface area contributed by atoms with E-state index < -0.39 is 0 Å². The highest BCUT2D eigenvalue weighted by molar-refractivity contribution is 7.13. The molecule has 2 aromatic rings. The molecule has 0 unspecified atom stereocenters. The van der Waals surface area contributed by atoms with Crippen LogP contribution in [0.15, 0.2) is 17.8 Å². The Morgan fingerprint density at radius 3 is 2.74 bits per heavy atom. The van der Waals surface area contributed by atoms with Crippen LogP contribution in [0.5, 0.6) is 0 Å². The van der Waals surface area contributed by atoms with Crippen LogP contribution in [0.25, 0.3) is 0 Å². The molecule has 0 atom stereocenters. The Hall–Kier alpha value is -1.69. The van der Waals surface area contributed by atoms with E-state index in [1.165, 1.54) is 11.3 Å². The van der Waals surface area contributed by atoms with Crippen LogP contribution in [-0.2, 0) is 0 Å². The molecule has 2 aromatic heterocycles. The molecule has 0 aliphatic carbocycles. The van der Waals surface area contributed by atoms with E-state index in [2.05, 4.69) is 25.2 Å². The first kappa shape index (κ1) is 12.3. The third-order valence-electron chi connectivity index (χ3n) is 3.57. The second kappa shape index (κ2) is 5.13. The maximum atomic E-state index is 5.70. The molecule has 1 aliphatic heterocycles. The first-order chi connectivity index (χ1) is 9.22. The number of thiazole rings is 1. The number of nitrogen functional groups attached to an aromatic ring is 1. The van der Waals surface area contributed by atoms with Gasteiger partial charge in [0.05, 0.1) is 5.69 Å². The average Bonchev–Trinajstić information content (AvgIpc) is 2.86. The number of aromatic nitrogens is 3. The third kappa shape index (κ3) is 2.68. The molecule has 1 fully saturated rings. The summed E-state index contributed by atoms with van der Waals surface area (Å²) in [6.07, 6.45) is 3.84.